The number of hydrogen-bond acceptors (Lipinski definition) is 6. The molecule has 120 valence electrons. The average molecular weight is 345 g/mol. The monoisotopic (exact) mass is 345 g/mol. The van der Waals surface area contributed by atoms with E-state index >= 15 is 0 Å². The first-order valence-corrected chi connectivity index (χ1v) is 7.68. The Balaban J connectivity index is 1.92. The Morgan fingerprint density at radius 3 is 2.79 bits per heavy atom. The van der Waals surface area contributed by atoms with Crippen molar-refractivity contribution < 1.29 is 18.3 Å². The Morgan fingerprint density at radius 2 is 2.08 bits per heavy atom. The molecule has 0 saturated heterocycles. The highest BCUT2D eigenvalue weighted by Gasteiger charge is 2.17. The van der Waals surface area contributed by atoms with Crippen LogP contribution in [0, 0.1) is 23.0 Å². The molecule has 0 bridgehead atoms. The molecule has 3 aromatic rings. The summed E-state index contributed by atoms with van der Waals surface area (Å²) in [6.07, 6.45) is 2.79. The molecule has 0 spiro atoms. The van der Waals surface area contributed by atoms with Crippen LogP contribution in [0.2, 0.25) is 0 Å². The van der Waals surface area contributed by atoms with Gasteiger partial charge in [0.25, 0.3) is 0 Å². The van der Waals surface area contributed by atoms with E-state index in [-0.39, 0.29) is 27.7 Å². The van der Waals surface area contributed by atoms with Crippen molar-refractivity contribution in [3.8, 4) is 23.2 Å². The molecule has 0 aliphatic carbocycles. The van der Waals surface area contributed by atoms with Crippen LogP contribution in [0.25, 0.3) is 11.3 Å². The van der Waals surface area contributed by atoms with Crippen LogP contribution in [0.3, 0.4) is 0 Å². The van der Waals surface area contributed by atoms with Gasteiger partial charge in [-0.3, -0.25) is 0 Å². The first kappa shape index (κ1) is 16.0. The van der Waals surface area contributed by atoms with Gasteiger partial charge in [0.05, 0.1) is 18.2 Å². The number of furan rings is 1. The third-order valence-corrected chi connectivity index (χ3v) is 4.06. The largest absolute Gasteiger partial charge is 0.492 e. The quantitative estimate of drug-likeness (QED) is 0.571. The molecule has 24 heavy (non-hydrogen) atoms. The zero-order valence-electron chi connectivity index (χ0n) is 12.0. The predicted molar refractivity (Wildman–Crippen MR) is 82.0 cm³/mol. The van der Waals surface area contributed by atoms with Crippen LogP contribution in [-0.2, 0) is 5.75 Å². The summed E-state index contributed by atoms with van der Waals surface area (Å²) in [5.41, 5.74) is 0.777. The number of halogens is 2. The maximum atomic E-state index is 13.7. The standard InChI is InChI=1S/C16H9F2N3O2S/c17-12-3-1-2-10(13(12)18)8-24-16-20-14(9-4-5-23-7-9)11(6-19)15(22)21-16/h1-5,7H,8H2,(H,20,21,22). The lowest BCUT2D eigenvalue weighted by Crippen LogP contribution is -1.97. The van der Waals surface area contributed by atoms with Gasteiger partial charge in [-0.05, 0) is 12.1 Å². The lowest BCUT2D eigenvalue weighted by molar-refractivity contribution is 0.444. The summed E-state index contributed by atoms with van der Waals surface area (Å²) in [6.45, 7) is 0. The van der Waals surface area contributed by atoms with E-state index in [1.165, 1.54) is 24.7 Å². The van der Waals surface area contributed by atoms with Crippen molar-refractivity contribution in [3.63, 3.8) is 0 Å². The number of nitrogens with zero attached hydrogens (tertiary/aromatic N) is 3. The van der Waals surface area contributed by atoms with Crippen molar-refractivity contribution in [2.75, 3.05) is 0 Å². The minimum atomic E-state index is -0.934. The van der Waals surface area contributed by atoms with E-state index < -0.39 is 17.5 Å². The fourth-order valence-corrected chi connectivity index (χ4v) is 2.82. The van der Waals surface area contributed by atoms with Gasteiger partial charge < -0.3 is 9.52 Å². The summed E-state index contributed by atoms with van der Waals surface area (Å²) in [5.74, 6) is -2.28. The predicted octanol–water partition coefficient (Wildman–Crippen LogP) is 3.88. The van der Waals surface area contributed by atoms with Gasteiger partial charge in [-0.25, -0.2) is 13.8 Å². The lowest BCUT2D eigenvalue weighted by Gasteiger charge is -2.07. The molecule has 0 aliphatic rings. The van der Waals surface area contributed by atoms with Gasteiger partial charge in [0.1, 0.15) is 11.6 Å². The minimum absolute atomic E-state index is 0.0692. The van der Waals surface area contributed by atoms with Crippen molar-refractivity contribution in [1.82, 2.24) is 9.97 Å². The van der Waals surface area contributed by atoms with E-state index in [0.29, 0.717) is 5.56 Å². The summed E-state index contributed by atoms with van der Waals surface area (Å²) in [5, 5.41) is 19.2. The van der Waals surface area contributed by atoms with Crippen molar-refractivity contribution in [2.45, 2.75) is 10.9 Å². The molecule has 1 aromatic carbocycles. The molecule has 2 aromatic heterocycles. The van der Waals surface area contributed by atoms with Gasteiger partial charge in [-0.1, -0.05) is 23.9 Å². The number of aromatic hydroxyl groups is 1. The molecule has 0 unspecified atom stereocenters. The molecule has 0 aliphatic heterocycles. The van der Waals surface area contributed by atoms with Gasteiger partial charge in [-0.2, -0.15) is 10.2 Å². The molecule has 0 atom stereocenters. The maximum absolute atomic E-state index is 13.7. The van der Waals surface area contributed by atoms with E-state index in [9.17, 15) is 13.9 Å². The van der Waals surface area contributed by atoms with Gasteiger partial charge in [-0.15, -0.1) is 0 Å². The number of aromatic nitrogens is 2. The third kappa shape index (κ3) is 3.07. The van der Waals surface area contributed by atoms with Gasteiger partial charge in [0, 0.05) is 16.9 Å². The molecule has 0 radical (unpaired) electrons. The first-order chi connectivity index (χ1) is 11.6. The molecule has 3 rings (SSSR count). The summed E-state index contributed by atoms with van der Waals surface area (Å²) in [4.78, 5) is 8.03. The highest BCUT2D eigenvalue weighted by atomic mass is 32.2. The van der Waals surface area contributed by atoms with Crippen LogP contribution in [0.1, 0.15) is 11.1 Å². The van der Waals surface area contributed by atoms with E-state index in [4.69, 9.17) is 9.68 Å². The van der Waals surface area contributed by atoms with E-state index in [1.807, 2.05) is 6.07 Å². The molecule has 0 saturated carbocycles. The molecule has 8 heteroatoms. The summed E-state index contributed by atoms with van der Waals surface area (Å²) >= 11 is 1.01. The molecule has 5 nitrogen and oxygen atoms in total. The summed E-state index contributed by atoms with van der Waals surface area (Å²) in [7, 11) is 0. The van der Waals surface area contributed by atoms with Gasteiger partial charge in [0.15, 0.2) is 16.8 Å². The molecular formula is C16H9F2N3O2S. The zero-order valence-corrected chi connectivity index (χ0v) is 12.8. The van der Waals surface area contributed by atoms with Crippen LogP contribution < -0.4 is 0 Å². The van der Waals surface area contributed by atoms with Crippen molar-refractivity contribution in [3.05, 3.63) is 59.6 Å². The fourth-order valence-electron chi connectivity index (χ4n) is 2.01. The van der Waals surface area contributed by atoms with Crippen molar-refractivity contribution in [1.29, 1.82) is 5.26 Å². The second kappa shape index (κ2) is 6.68. The number of rotatable bonds is 4. The number of nitriles is 1. The fraction of sp³-hybridized carbons (Fsp3) is 0.0625. The smallest absolute Gasteiger partial charge is 0.233 e. The highest BCUT2D eigenvalue weighted by molar-refractivity contribution is 7.98. The van der Waals surface area contributed by atoms with Gasteiger partial charge in [0.2, 0.25) is 5.88 Å². The van der Waals surface area contributed by atoms with Crippen molar-refractivity contribution >= 4 is 11.8 Å². The Morgan fingerprint density at radius 1 is 1.25 bits per heavy atom. The molecular weight excluding hydrogens is 336 g/mol. The molecule has 0 amide bonds. The average Bonchev–Trinajstić information content (AvgIpc) is 3.10. The molecule has 1 N–H and O–H groups in total. The number of benzene rings is 1. The third-order valence-electron chi connectivity index (χ3n) is 3.16. The summed E-state index contributed by atoms with van der Waals surface area (Å²) in [6, 6.07) is 7.31. The molecule has 0 fully saturated rings. The number of thioether (sulfide) groups is 1. The topological polar surface area (TPSA) is 82.9 Å². The Bertz CT molecular complexity index is 924. The highest BCUT2D eigenvalue weighted by Crippen LogP contribution is 2.31. The van der Waals surface area contributed by atoms with E-state index in [0.717, 1.165) is 17.8 Å². The van der Waals surface area contributed by atoms with E-state index in [2.05, 4.69) is 9.97 Å². The van der Waals surface area contributed by atoms with E-state index in [1.54, 1.807) is 6.07 Å². The Hall–Kier alpha value is -2.92. The van der Waals surface area contributed by atoms with Crippen LogP contribution in [0.15, 0.2) is 46.4 Å². The van der Waals surface area contributed by atoms with Crippen LogP contribution in [-0.4, -0.2) is 15.1 Å². The van der Waals surface area contributed by atoms with Crippen LogP contribution in [0.5, 0.6) is 5.88 Å². The molecule has 2 heterocycles. The number of hydrogen-bond donors (Lipinski definition) is 1. The second-order valence-electron chi connectivity index (χ2n) is 4.68. The second-order valence-corrected chi connectivity index (χ2v) is 5.62. The lowest BCUT2D eigenvalue weighted by atomic mass is 10.1. The Kier molecular flexibility index (Phi) is 4.44. The maximum Gasteiger partial charge on any atom is 0.233 e. The zero-order chi connectivity index (χ0) is 17.1. The van der Waals surface area contributed by atoms with Crippen LogP contribution >= 0.6 is 11.8 Å². The van der Waals surface area contributed by atoms with Crippen molar-refractivity contribution in [2.24, 2.45) is 0 Å². The van der Waals surface area contributed by atoms with Crippen LogP contribution in [0.4, 0.5) is 8.78 Å². The first-order valence-electron chi connectivity index (χ1n) is 6.69. The SMILES string of the molecule is N#Cc1c(O)nc(SCc2cccc(F)c2F)nc1-c1ccoc1. The minimum Gasteiger partial charge on any atom is -0.492 e. The Labute approximate surface area is 139 Å². The summed E-state index contributed by atoms with van der Waals surface area (Å²) < 4.78 is 31.8. The van der Waals surface area contributed by atoms with Gasteiger partial charge >= 0.3 is 0 Å². The normalized spacial score (nSPS) is 10.5.